The highest BCUT2D eigenvalue weighted by Crippen LogP contribution is 2.25. The van der Waals surface area contributed by atoms with Crippen molar-refractivity contribution < 1.29 is 9.53 Å². The van der Waals surface area contributed by atoms with Crippen molar-refractivity contribution in [3.05, 3.63) is 66.1 Å². The van der Waals surface area contributed by atoms with Crippen LogP contribution in [0, 0.1) is 0 Å². The molecule has 3 rings (SSSR count). The topological polar surface area (TPSA) is 42.4 Å². The summed E-state index contributed by atoms with van der Waals surface area (Å²) in [5, 5.41) is 0. The van der Waals surface area contributed by atoms with E-state index in [0.717, 1.165) is 11.3 Å². The van der Waals surface area contributed by atoms with Gasteiger partial charge in [-0.2, -0.15) is 0 Å². The minimum Gasteiger partial charge on any atom is -0.439 e. The quantitative estimate of drug-likeness (QED) is 0.608. The molecule has 2 heterocycles. The maximum absolute atomic E-state index is 11.8. The minimum atomic E-state index is -0.312. The standard InChI is InChI=1S/C15H12N2O2/c18-15-14(9-12-5-4-8-16-10-12)17(11-19-15)13-6-2-1-3-7-13/h1-10H,11H2/b14-9+. The Kier molecular flexibility index (Phi) is 2.98. The molecule has 1 saturated heterocycles. The lowest BCUT2D eigenvalue weighted by atomic mass is 10.2. The monoisotopic (exact) mass is 252 g/mol. The number of anilines is 1. The lowest BCUT2D eigenvalue weighted by Gasteiger charge is -2.15. The zero-order chi connectivity index (χ0) is 13.1. The Labute approximate surface area is 111 Å². The van der Waals surface area contributed by atoms with Crippen molar-refractivity contribution >= 4 is 17.7 Å². The molecule has 19 heavy (non-hydrogen) atoms. The molecule has 4 heteroatoms. The Morgan fingerprint density at radius 2 is 2.00 bits per heavy atom. The molecule has 2 aromatic rings. The van der Waals surface area contributed by atoms with E-state index < -0.39 is 0 Å². The molecule has 0 atom stereocenters. The Bertz CT molecular complexity index is 609. The van der Waals surface area contributed by atoms with Crippen molar-refractivity contribution in [1.82, 2.24) is 4.98 Å². The second kappa shape index (κ2) is 4.94. The van der Waals surface area contributed by atoms with Crippen LogP contribution in [0.5, 0.6) is 0 Å². The number of benzene rings is 1. The normalized spacial score (nSPS) is 16.7. The van der Waals surface area contributed by atoms with Crippen LogP contribution in [0.3, 0.4) is 0 Å². The van der Waals surface area contributed by atoms with Crippen LogP contribution in [0.15, 0.2) is 60.6 Å². The average Bonchev–Trinajstić information content (AvgIpc) is 2.82. The number of hydrogen-bond acceptors (Lipinski definition) is 4. The van der Waals surface area contributed by atoms with Gasteiger partial charge in [0, 0.05) is 18.1 Å². The van der Waals surface area contributed by atoms with Crippen LogP contribution in [0.2, 0.25) is 0 Å². The van der Waals surface area contributed by atoms with E-state index in [9.17, 15) is 4.79 Å². The van der Waals surface area contributed by atoms with Gasteiger partial charge in [0.15, 0.2) is 6.73 Å². The highest BCUT2D eigenvalue weighted by Gasteiger charge is 2.28. The zero-order valence-electron chi connectivity index (χ0n) is 10.2. The second-order valence-corrected chi connectivity index (χ2v) is 4.14. The lowest BCUT2D eigenvalue weighted by molar-refractivity contribution is -0.134. The summed E-state index contributed by atoms with van der Waals surface area (Å²) in [4.78, 5) is 17.7. The molecule has 1 aromatic heterocycles. The molecule has 0 saturated carbocycles. The minimum absolute atomic E-state index is 0.245. The van der Waals surface area contributed by atoms with Gasteiger partial charge in [0.2, 0.25) is 0 Å². The third-order valence-corrected chi connectivity index (χ3v) is 2.88. The van der Waals surface area contributed by atoms with Crippen molar-refractivity contribution in [1.29, 1.82) is 0 Å². The summed E-state index contributed by atoms with van der Waals surface area (Å²) in [6.07, 6.45) is 5.20. The number of hydrogen-bond donors (Lipinski definition) is 0. The molecule has 0 aliphatic carbocycles. The molecule has 0 unspecified atom stereocenters. The van der Waals surface area contributed by atoms with E-state index in [2.05, 4.69) is 4.98 Å². The van der Waals surface area contributed by atoms with E-state index >= 15 is 0 Å². The predicted octanol–water partition coefficient (Wildman–Crippen LogP) is 2.44. The van der Waals surface area contributed by atoms with Crippen LogP contribution in [-0.4, -0.2) is 17.7 Å². The summed E-state index contributed by atoms with van der Waals surface area (Å²) in [7, 11) is 0. The van der Waals surface area contributed by atoms with E-state index in [0.29, 0.717) is 5.70 Å². The maximum atomic E-state index is 11.8. The van der Waals surface area contributed by atoms with E-state index in [1.165, 1.54) is 0 Å². The van der Waals surface area contributed by atoms with Gasteiger partial charge in [0.25, 0.3) is 0 Å². The summed E-state index contributed by atoms with van der Waals surface area (Å²) >= 11 is 0. The van der Waals surface area contributed by atoms with Crippen LogP contribution in [0.4, 0.5) is 5.69 Å². The molecule has 0 radical (unpaired) electrons. The fraction of sp³-hybridized carbons (Fsp3) is 0.0667. The molecule has 94 valence electrons. The van der Waals surface area contributed by atoms with Crippen LogP contribution >= 0.6 is 0 Å². The Balaban J connectivity index is 1.98. The Hall–Kier alpha value is -2.62. The smallest absolute Gasteiger partial charge is 0.356 e. The van der Waals surface area contributed by atoms with Gasteiger partial charge in [-0.05, 0) is 29.8 Å². The van der Waals surface area contributed by atoms with Gasteiger partial charge >= 0.3 is 5.97 Å². The second-order valence-electron chi connectivity index (χ2n) is 4.14. The first-order valence-corrected chi connectivity index (χ1v) is 5.96. The number of aromatic nitrogens is 1. The number of carbonyl (C=O) groups is 1. The molecular formula is C15H12N2O2. The predicted molar refractivity (Wildman–Crippen MR) is 72.1 cm³/mol. The number of esters is 1. The number of carbonyl (C=O) groups excluding carboxylic acids is 1. The van der Waals surface area contributed by atoms with Gasteiger partial charge in [-0.3, -0.25) is 4.98 Å². The van der Waals surface area contributed by atoms with E-state index in [4.69, 9.17) is 4.74 Å². The molecule has 1 aliphatic heterocycles. The van der Waals surface area contributed by atoms with Crippen LogP contribution in [0.1, 0.15) is 5.56 Å². The molecule has 0 amide bonds. The summed E-state index contributed by atoms with van der Waals surface area (Å²) in [5.41, 5.74) is 2.33. The molecule has 1 aromatic carbocycles. The van der Waals surface area contributed by atoms with Crippen molar-refractivity contribution in [2.75, 3.05) is 11.6 Å². The molecule has 4 nitrogen and oxygen atoms in total. The van der Waals surface area contributed by atoms with Crippen LogP contribution < -0.4 is 4.90 Å². The van der Waals surface area contributed by atoms with Crippen LogP contribution in [-0.2, 0) is 9.53 Å². The van der Waals surface area contributed by atoms with Gasteiger partial charge in [-0.1, -0.05) is 24.3 Å². The maximum Gasteiger partial charge on any atom is 0.356 e. The van der Waals surface area contributed by atoms with Crippen molar-refractivity contribution in [3.8, 4) is 0 Å². The molecule has 0 N–H and O–H groups in total. The number of cyclic esters (lactones) is 1. The summed E-state index contributed by atoms with van der Waals surface area (Å²) < 4.78 is 5.10. The third kappa shape index (κ3) is 2.33. The van der Waals surface area contributed by atoms with Crippen molar-refractivity contribution in [3.63, 3.8) is 0 Å². The van der Waals surface area contributed by atoms with E-state index in [1.54, 1.807) is 18.5 Å². The first-order chi connectivity index (χ1) is 9.34. The first-order valence-electron chi connectivity index (χ1n) is 5.96. The first kappa shape index (κ1) is 11.5. The van der Waals surface area contributed by atoms with Gasteiger partial charge < -0.3 is 9.64 Å². The molecule has 0 spiro atoms. The average molecular weight is 252 g/mol. The molecule has 1 fully saturated rings. The number of rotatable bonds is 2. The highest BCUT2D eigenvalue weighted by molar-refractivity contribution is 5.99. The van der Waals surface area contributed by atoms with Gasteiger partial charge in [-0.15, -0.1) is 0 Å². The van der Waals surface area contributed by atoms with Gasteiger partial charge in [0.05, 0.1) is 0 Å². The third-order valence-electron chi connectivity index (χ3n) is 2.88. The summed E-state index contributed by atoms with van der Waals surface area (Å²) in [6.45, 7) is 0.245. The van der Waals surface area contributed by atoms with E-state index in [1.807, 2.05) is 47.4 Å². The van der Waals surface area contributed by atoms with E-state index in [-0.39, 0.29) is 12.7 Å². The Morgan fingerprint density at radius 1 is 1.16 bits per heavy atom. The fourth-order valence-electron chi connectivity index (χ4n) is 1.95. The summed E-state index contributed by atoms with van der Waals surface area (Å²) in [5.74, 6) is -0.312. The number of pyridine rings is 1. The lowest BCUT2D eigenvalue weighted by Crippen LogP contribution is -2.17. The van der Waals surface area contributed by atoms with Crippen molar-refractivity contribution in [2.45, 2.75) is 0 Å². The number of para-hydroxylation sites is 1. The van der Waals surface area contributed by atoms with Gasteiger partial charge in [-0.25, -0.2) is 4.79 Å². The van der Waals surface area contributed by atoms with Gasteiger partial charge in [0.1, 0.15) is 5.70 Å². The fourth-order valence-corrected chi connectivity index (χ4v) is 1.95. The van der Waals surface area contributed by atoms with Crippen molar-refractivity contribution in [2.24, 2.45) is 0 Å². The number of ether oxygens (including phenoxy) is 1. The zero-order valence-corrected chi connectivity index (χ0v) is 10.2. The molecule has 0 bridgehead atoms. The highest BCUT2D eigenvalue weighted by atomic mass is 16.6. The SMILES string of the molecule is O=C1OCN(c2ccccc2)/C1=C/c1cccnc1. The largest absolute Gasteiger partial charge is 0.439 e. The van der Waals surface area contributed by atoms with Crippen LogP contribution in [0.25, 0.3) is 6.08 Å². The Morgan fingerprint density at radius 3 is 2.74 bits per heavy atom. The summed E-state index contributed by atoms with van der Waals surface area (Å²) in [6, 6.07) is 13.4. The molecule has 1 aliphatic rings. The molecular weight excluding hydrogens is 240 g/mol. The number of nitrogens with zero attached hydrogens (tertiary/aromatic N) is 2.